The van der Waals surface area contributed by atoms with E-state index in [-0.39, 0.29) is 12.0 Å². The SMILES string of the molecule is CC1=C([N+](=O)[O-])C(=O)NC(=O)C1. The molecule has 1 aliphatic rings. The Balaban J connectivity index is 3.09. The number of amides is 2. The fourth-order valence-electron chi connectivity index (χ4n) is 0.987. The number of hydrogen-bond donors (Lipinski definition) is 1. The van der Waals surface area contributed by atoms with Crippen molar-refractivity contribution in [1.82, 2.24) is 5.32 Å². The van der Waals surface area contributed by atoms with Gasteiger partial charge in [-0.15, -0.1) is 0 Å². The molecule has 2 amide bonds. The molecule has 0 spiro atoms. The normalized spacial score (nSPS) is 17.8. The highest BCUT2D eigenvalue weighted by atomic mass is 16.6. The van der Waals surface area contributed by atoms with Crippen LogP contribution >= 0.6 is 0 Å². The molecule has 0 aliphatic carbocycles. The van der Waals surface area contributed by atoms with Crippen molar-refractivity contribution in [3.63, 3.8) is 0 Å². The summed E-state index contributed by atoms with van der Waals surface area (Å²) in [5.41, 5.74) is -0.316. The summed E-state index contributed by atoms with van der Waals surface area (Å²) in [5, 5.41) is 12.1. The molecule has 0 unspecified atom stereocenters. The number of carbonyl (C=O) groups is 2. The van der Waals surface area contributed by atoms with Gasteiger partial charge < -0.3 is 0 Å². The molecule has 12 heavy (non-hydrogen) atoms. The fourth-order valence-corrected chi connectivity index (χ4v) is 0.987. The van der Waals surface area contributed by atoms with Crippen molar-refractivity contribution in [3.8, 4) is 0 Å². The molecular weight excluding hydrogens is 164 g/mol. The number of rotatable bonds is 1. The Bertz CT molecular complexity index is 305. The minimum absolute atomic E-state index is 0.0813. The summed E-state index contributed by atoms with van der Waals surface area (Å²) in [6.45, 7) is 1.40. The van der Waals surface area contributed by atoms with E-state index in [1.165, 1.54) is 6.92 Å². The van der Waals surface area contributed by atoms with Crippen LogP contribution in [-0.4, -0.2) is 16.7 Å². The van der Waals surface area contributed by atoms with Gasteiger partial charge in [0.1, 0.15) is 0 Å². The van der Waals surface area contributed by atoms with Crippen LogP contribution in [0.4, 0.5) is 0 Å². The zero-order chi connectivity index (χ0) is 9.30. The van der Waals surface area contributed by atoms with Crippen LogP contribution in [0.5, 0.6) is 0 Å². The van der Waals surface area contributed by atoms with E-state index in [2.05, 4.69) is 0 Å². The van der Waals surface area contributed by atoms with Gasteiger partial charge in [0, 0.05) is 5.57 Å². The summed E-state index contributed by atoms with van der Waals surface area (Å²) in [6, 6.07) is 0. The molecule has 0 aromatic rings. The summed E-state index contributed by atoms with van der Waals surface area (Å²) in [5.74, 6) is -1.42. The van der Waals surface area contributed by atoms with Crippen LogP contribution in [-0.2, 0) is 9.59 Å². The van der Waals surface area contributed by atoms with E-state index < -0.39 is 22.4 Å². The molecule has 0 bridgehead atoms. The predicted octanol–water partition coefficient (Wildman–Crippen LogP) is -0.416. The topological polar surface area (TPSA) is 89.3 Å². The lowest BCUT2D eigenvalue weighted by atomic mass is 10.1. The standard InChI is InChI=1S/C6H6N2O4/c1-3-2-4(9)7-6(10)5(3)8(11)12/h2H2,1H3,(H,7,9,10). The average molecular weight is 170 g/mol. The minimum Gasteiger partial charge on any atom is -0.287 e. The van der Waals surface area contributed by atoms with E-state index in [4.69, 9.17) is 0 Å². The lowest BCUT2D eigenvalue weighted by Crippen LogP contribution is -2.38. The van der Waals surface area contributed by atoms with E-state index in [9.17, 15) is 19.7 Å². The second-order valence-corrected chi connectivity index (χ2v) is 2.44. The molecule has 0 aromatic carbocycles. The van der Waals surface area contributed by atoms with E-state index in [0.717, 1.165) is 0 Å². The van der Waals surface area contributed by atoms with Crippen LogP contribution in [0, 0.1) is 10.1 Å². The quantitative estimate of drug-likeness (QED) is 0.329. The number of nitrogens with zero attached hydrogens (tertiary/aromatic N) is 1. The first kappa shape index (κ1) is 8.38. The molecule has 0 saturated heterocycles. The third-order valence-corrected chi connectivity index (χ3v) is 1.48. The van der Waals surface area contributed by atoms with Crippen molar-refractivity contribution in [2.45, 2.75) is 13.3 Å². The van der Waals surface area contributed by atoms with Gasteiger partial charge in [0.15, 0.2) is 0 Å². The van der Waals surface area contributed by atoms with Crippen LogP contribution in [0.3, 0.4) is 0 Å². The molecule has 1 N–H and O–H groups in total. The van der Waals surface area contributed by atoms with Gasteiger partial charge in [0.2, 0.25) is 5.91 Å². The van der Waals surface area contributed by atoms with Crippen molar-refractivity contribution >= 4 is 11.8 Å². The number of nitrogens with one attached hydrogen (secondary N) is 1. The number of hydrogen-bond acceptors (Lipinski definition) is 4. The molecule has 0 aromatic heterocycles. The second-order valence-electron chi connectivity index (χ2n) is 2.44. The average Bonchev–Trinajstić information content (AvgIpc) is 1.82. The third kappa shape index (κ3) is 1.31. The highest BCUT2D eigenvalue weighted by Crippen LogP contribution is 2.13. The lowest BCUT2D eigenvalue weighted by Gasteiger charge is -2.09. The zero-order valence-corrected chi connectivity index (χ0v) is 6.29. The zero-order valence-electron chi connectivity index (χ0n) is 6.29. The van der Waals surface area contributed by atoms with Crippen molar-refractivity contribution in [2.75, 3.05) is 0 Å². The van der Waals surface area contributed by atoms with E-state index >= 15 is 0 Å². The van der Waals surface area contributed by atoms with Gasteiger partial charge in [-0.3, -0.25) is 25.0 Å². The third-order valence-electron chi connectivity index (χ3n) is 1.48. The van der Waals surface area contributed by atoms with Gasteiger partial charge in [0.05, 0.1) is 11.3 Å². The Morgan fingerprint density at radius 1 is 1.50 bits per heavy atom. The summed E-state index contributed by atoms with van der Waals surface area (Å²) < 4.78 is 0. The number of nitro groups is 1. The Morgan fingerprint density at radius 3 is 2.50 bits per heavy atom. The highest BCUT2D eigenvalue weighted by molar-refractivity contribution is 6.06. The molecule has 1 aliphatic heterocycles. The summed E-state index contributed by atoms with van der Waals surface area (Å²) in [4.78, 5) is 31.0. The van der Waals surface area contributed by atoms with Crippen molar-refractivity contribution in [3.05, 3.63) is 21.4 Å². The molecule has 6 nitrogen and oxygen atoms in total. The van der Waals surface area contributed by atoms with Crippen molar-refractivity contribution in [2.24, 2.45) is 0 Å². The maximum absolute atomic E-state index is 10.8. The molecule has 0 atom stereocenters. The Hall–Kier alpha value is -1.72. The Labute approximate surface area is 67.4 Å². The summed E-state index contributed by atoms with van der Waals surface area (Å²) >= 11 is 0. The minimum atomic E-state index is -0.922. The van der Waals surface area contributed by atoms with Gasteiger partial charge in [-0.1, -0.05) is 0 Å². The first-order valence-electron chi connectivity index (χ1n) is 3.20. The molecule has 1 heterocycles. The molecule has 64 valence electrons. The van der Waals surface area contributed by atoms with Crippen LogP contribution in [0.15, 0.2) is 11.3 Å². The van der Waals surface area contributed by atoms with Gasteiger partial charge >= 0.3 is 11.6 Å². The summed E-state index contributed by atoms with van der Waals surface area (Å²) in [6.07, 6.45) is -0.0813. The van der Waals surface area contributed by atoms with E-state index in [1.54, 1.807) is 0 Å². The van der Waals surface area contributed by atoms with Gasteiger partial charge in [-0.25, -0.2) is 0 Å². The van der Waals surface area contributed by atoms with E-state index in [0.29, 0.717) is 0 Å². The van der Waals surface area contributed by atoms with Gasteiger partial charge in [-0.05, 0) is 6.92 Å². The van der Waals surface area contributed by atoms with Crippen LogP contribution in [0.1, 0.15) is 13.3 Å². The maximum atomic E-state index is 10.8. The first-order valence-corrected chi connectivity index (χ1v) is 3.20. The lowest BCUT2D eigenvalue weighted by molar-refractivity contribution is -0.420. The van der Waals surface area contributed by atoms with Gasteiger partial charge in [0.25, 0.3) is 0 Å². The molecular formula is C6H6N2O4. The highest BCUT2D eigenvalue weighted by Gasteiger charge is 2.31. The summed E-state index contributed by atoms with van der Waals surface area (Å²) in [7, 11) is 0. The first-order chi connectivity index (χ1) is 5.52. The molecule has 0 saturated carbocycles. The number of carbonyl (C=O) groups excluding carboxylic acids is 2. The molecule has 0 fully saturated rings. The monoisotopic (exact) mass is 170 g/mol. The van der Waals surface area contributed by atoms with E-state index in [1.807, 2.05) is 5.32 Å². The van der Waals surface area contributed by atoms with Crippen LogP contribution < -0.4 is 5.32 Å². The largest absolute Gasteiger partial charge is 0.333 e. The second kappa shape index (κ2) is 2.72. The fraction of sp³-hybridized carbons (Fsp3) is 0.333. The smallest absolute Gasteiger partial charge is 0.287 e. The van der Waals surface area contributed by atoms with Crippen LogP contribution in [0.25, 0.3) is 0 Å². The molecule has 1 rings (SSSR count). The molecule has 6 heteroatoms. The predicted molar refractivity (Wildman–Crippen MR) is 37.5 cm³/mol. The maximum Gasteiger partial charge on any atom is 0.333 e. The van der Waals surface area contributed by atoms with Crippen LogP contribution in [0.2, 0.25) is 0 Å². The Kier molecular flexibility index (Phi) is 1.90. The van der Waals surface area contributed by atoms with Crippen molar-refractivity contribution in [1.29, 1.82) is 0 Å². The van der Waals surface area contributed by atoms with Gasteiger partial charge in [-0.2, -0.15) is 0 Å². The Morgan fingerprint density at radius 2 is 2.08 bits per heavy atom. The molecule has 0 radical (unpaired) electrons. The van der Waals surface area contributed by atoms with Crippen molar-refractivity contribution < 1.29 is 14.5 Å². The number of imide groups is 1.